The average Bonchev–Trinajstić information content (AvgIpc) is 2.26. The van der Waals surface area contributed by atoms with Gasteiger partial charge >= 0.3 is 0 Å². The van der Waals surface area contributed by atoms with Gasteiger partial charge < -0.3 is 4.74 Å². The van der Waals surface area contributed by atoms with Gasteiger partial charge in [-0.25, -0.2) is 0 Å². The summed E-state index contributed by atoms with van der Waals surface area (Å²) in [6.45, 7) is 12.0. The highest BCUT2D eigenvalue weighted by Crippen LogP contribution is 2.36. The summed E-state index contributed by atoms with van der Waals surface area (Å²) >= 11 is 0. The van der Waals surface area contributed by atoms with Gasteiger partial charge in [0.15, 0.2) is 0 Å². The first-order valence-electron chi connectivity index (χ1n) is 6.30. The lowest BCUT2D eigenvalue weighted by Gasteiger charge is -2.27. The molecule has 0 unspecified atom stereocenters. The monoisotopic (exact) mass is 248 g/mol. The third-order valence-corrected chi connectivity index (χ3v) is 3.62. The van der Waals surface area contributed by atoms with E-state index in [1.54, 1.807) is 14.0 Å². The highest BCUT2D eigenvalue weighted by molar-refractivity contribution is 5.88. The van der Waals surface area contributed by atoms with Gasteiger partial charge in [0.25, 0.3) is 0 Å². The molecule has 2 nitrogen and oxygen atoms in total. The van der Waals surface area contributed by atoms with Crippen LogP contribution in [0.5, 0.6) is 5.75 Å². The van der Waals surface area contributed by atoms with Crippen molar-refractivity contribution in [1.29, 1.82) is 0 Å². The molecule has 2 heteroatoms. The van der Waals surface area contributed by atoms with E-state index in [1.807, 2.05) is 19.9 Å². The maximum Gasteiger partial charge on any atom is 0.139 e. The van der Waals surface area contributed by atoms with Crippen LogP contribution in [0.2, 0.25) is 0 Å². The van der Waals surface area contributed by atoms with Crippen molar-refractivity contribution in [3.8, 4) is 5.75 Å². The van der Waals surface area contributed by atoms with Gasteiger partial charge in [-0.1, -0.05) is 32.9 Å². The van der Waals surface area contributed by atoms with Crippen molar-refractivity contribution >= 4 is 5.78 Å². The van der Waals surface area contributed by atoms with Crippen LogP contribution in [0.25, 0.3) is 0 Å². The number of methoxy groups -OCH3 is 1. The molecule has 0 aliphatic carbocycles. The van der Waals surface area contributed by atoms with Crippen LogP contribution in [0.15, 0.2) is 18.2 Å². The molecule has 18 heavy (non-hydrogen) atoms. The molecule has 0 saturated heterocycles. The number of hydrogen-bond acceptors (Lipinski definition) is 2. The third kappa shape index (κ3) is 2.74. The van der Waals surface area contributed by atoms with Crippen LogP contribution in [0.1, 0.15) is 52.7 Å². The highest BCUT2D eigenvalue weighted by atomic mass is 16.5. The number of Topliss-reactive ketones (excluding diaryl/α,β-unsaturated/α-hetero) is 1. The van der Waals surface area contributed by atoms with Crippen molar-refractivity contribution in [2.24, 2.45) is 0 Å². The molecule has 0 spiro atoms. The Kier molecular flexibility index (Phi) is 3.89. The van der Waals surface area contributed by atoms with Gasteiger partial charge in [0, 0.05) is 5.56 Å². The summed E-state index contributed by atoms with van der Waals surface area (Å²) in [4.78, 5) is 11.8. The topological polar surface area (TPSA) is 26.3 Å². The second-order valence-electron chi connectivity index (χ2n) is 6.35. The summed E-state index contributed by atoms with van der Waals surface area (Å²) in [6.07, 6.45) is 0. The van der Waals surface area contributed by atoms with Crippen molar-refractivity contribution < 1.29 is 9.53 Å². The van der Waals surface area contributed by atoms with Crippen molar-refractivity contribution in [2.45, 2.75) is 52.4 Å². The SMILES string of the molecule is COc1ccc(C(C)(C)C)cc1C(C)(C)C(C)=O. The Morgan fingerprint density at radius 2 is 1.67 bits per heavy atom. The normalized spacial score (nSPS) is 12.4. The Labute approximate surface area is 110 Å². The molecular formula is C16H24O2. The zero-order valence-corrected chi connectivity index (χ0v) is 12.5. The molecule has 0 aliphatic heterocycles. The molecule has 0 amide bonds. The number of ketones is 1. The van der Waals surface area contributed by atoms with Gasteiger partial charge in [-0.2, -0.15) is 0 Å². The maximum absolute atomic E-state index is 11.8. The Morgan fingerprint density at radius 1 is 1.11 bits per heavy atom. The molecule has 0 fully saturated rings. The number of hydrogen-bond donors (Lipinski definition) is 0. The van der Waals surface area contributed by atoms with E-state index in [0.29, 0.717) is 0 Å². The molecule has 1 rings (SSSR count). The van der Waals surface area contributed by atoms with E-state index in [9.17, 15) is 4.79 Å². The van der Waals surface area contributed by atoms with Gasteiger partial charge in [0.1, 0.15) is 11.5 Å². The fourth-order valence-electron chi connectivity index (χ4n) is 1.85. The van der Waals surface area contributed by atoms with Gasteiger partial charge in [-0.15, -0.1) is 0 Å². The van der Waals surface area contributed by atoms with Crippen molar-refractivity contribution in [3.63, 3.8) is 0 Å². The standard InChI is InChI=1S/C16H24O2/c1-11(17)16(5,6)13-10-12(15(2,3)4)8-9-14(13)18-7/h8-10H,1-7H3. The Morgan fingerprint density at radius 3 is 2.06 bits per heavy atom. The van der Waals surface area contributed by atoms with Crippen molar-refractivity contribution in [1.82, 2.24) is 0 Å². The molecule has 0 aromatic heterocycles. The minimum atomic E-state index is -0.521. The highest BCUT2D eigenvalue weighted by Gasteiger charge is 2.30. The number of ether oxygens (including phenoxy) is 1. The maximum atomic E-state index is 11.8. The lowest BCUT2D eigenvalue weighted by molar-refractivity contribution is -0.121. The third-order valence-electron chi connectivity index (χ3n) is 3.62. The summed E-state index contributed by atoms with van der Waals surface area (Å²) in [5, 5.41) is 0. The van der Waals surface area contributed by atoms with Crippen LogP contribution in [0, 0.1) is 0 Å². The fourth-order valence-corrected chi connectivity index (χ4v) is 1.85. The van der Waals surface area contributed by atoms with E-state index in [4.69, 9.17) is 4.74 Å². The first kappa shape index (κ1) is 14.7. The number of benzene rings is 1. The molecule has 100 valence electrons. The molecule has 0 aliphatic rings. The number of rotatable bonds is 3. The molecule has 1 aromatic rings. The molecule has 0 heterocycles. The van der Waals surface area contributed by atoms with E-state index >= 15 is 0 Å². The molecular weight excluding hydrogens is 224 g/mol. The van der Waals surface area contributed by atoms with E-state index in [-0.39, 0.29) is 11.2 Å². The fraction of sp³-hybridized carbons (Fsp3) is 0.562. The predicted octanol–water partition coefficient (Wildman–Crippen LogP) is 3.86. The molecule has 0 N–H and O–H groups in total. The lowest BCUT2D eigenvalue weighted by Crippen LogP contribution is -2.28. The summed E-state index contributed by atoms with van der Waals surface area (Å²) < 4.78 is 5.40. The minimum Gasteiger partial charge on any atom is -0.496 e. The second-order valence-corrected chi connectivity index (χ2v) is 6.35. The molecule has 0 radical (unpaired) electrons. The molecule has 0 bridgehead atoms. The van der Waals surface area contributed by atoms with Crippen LogP contribution in [0.4, 0.5) is 0 Å². The van der Waals surface area contributed by atoms with Crippen LogP contribution in [-0.4, -0.2) is 12.9 Å². The average molecular weight is 248 g/mol. The van der Waals surface area contributed by atoms with Crippen molar-refractivity contribution in [3.05, 3.63) is 29.3 Å². The first-order chi connectivity index (χ1) is 8.10. The van der Waals surface area contributed by atoms with Gasteiger partial charge in [0.05, 0.1) is 12.5 Å². The van der Waals surface area contributed by atoms with Gasteiger partial charge in [-0.05, 0) is 37.8 Å². The summed E-state index contributed by atoms with van der Waals surface area (Å²) in [5.41, 5.74) is 1.72. The minimum absolute atomic E-state index is 0.0634. The van der Waals surface area contributed by atoms with E-state index in [1.165, 1.54) is 5.56 Å². The van der Waals surface area contributed by atoms with Gasteiger partial charge in [0.2, 0.25) is 0 Å². The summed E-state index contributed by atoms with van der Waals surface area (Å²) in [7, 11) is 1.64. The molecule has 0 atom stereocenters. The Balaban J connectivity index is 3.45. The smallest absolute Gasteiger partial charge is 0.139 e. The van der Waals surface area contributed by atoms with E-state index < -0.39 is 5.41 Å². The van der Waals surface area contributed by atoms with Crippen LogP contribution in [-0.2, 0) is 15.6 Å². The van der Waals surface area contributed by atoms with Crippen LogP contribution in [0.3, 0.4) is 0 Å². The van der Waals surface area contributed by atoms with Crippen LogP contribution >= 0.6 is 0 Å². The Hall–Kier alpha value is -1.31. The quantitative estimate of drug-likeness (QED) is 0.812. The van der Waals surface area contributed by atoms with E-state index in [2.05, 4.69) is 32.9 Å². The van der Waals surface area contributed by atoms with Crippen molar-refractivity contribution in [2.75, 3.05) is 7.11 Å². The first-order valence-corrected chi connectivity index (χ1v) is 6.30. The lowest BCUT2D eigenvalue weighted by atomic mass is 9.77. The summed E-state index contributed by atoms with van der Waals surface area (Å²) in [6, 6.07) is 6.12. The van der Waals surface area contributed by atoms with E-state index in [0.717, 1.165) is 11.3 Å². The Bertz CT molecular complexity index is 451. The summed E-state index contributed by atoms with van der Waals surface area (Å²) in [5.74, 6) is 0.926. The number of carbonyl (C=O) groups excluding carboxylic acids is 1. The zero-order chi connectivity index (χ0) is 14.1. The van der Waals surface area contributed by atoms with Crippen LogP contribution < -0.4 is 4.74 Å². The molecule has 0 saturated carbocycles. The second kappa shape index (κ2) is 4.75. The predicted molar refractivity (Wildman–Crippen MR) is 75.4 cm³/mol. The number of carbonyl (C=O) groups is 1. The van der Waals surface area contributed by atoms with Gasteiger partial charge in [-0.3, -0.25) is 4.79 Å². The molecule has 1 aromatic carbocycles. The largest absolute Gasteiger partial charge is 0.496 e. The zero-order valence-electron chi connectivity index (χ0n) is 12.5.